The van der Waals surface area contributed by atoms with Crippen molar-refractivity contribution >= 4 is 5.91 Å². The number of nitrogens with zero attached hydrogens (tertiary/aromatic N) is 2. The number of carbonyl (C=O) groups excluding carboxylic acids is 1. The van der Waals surface area contributed by atoms with E-state index in [2.05, 4.69) is 33.8 Å². The van der Waals surface area contributed by atoms with Crippen LogP contribution in [0.3, 0.4) is 0 Å². The normalized spacial score (nSPS) is 24.1. The highest BCUT2D eigenvalue weighted by molar-refractivity contribution is 5.84. The first-order valence-electron chi connectivity index (χ1n) is 5.34. The van der Waals surface area contributed by atoms with Crippen LogP contribution in [0.15, 0.2) is 0 Å². The largest absolute Gasteiger partial charge is 0.330 e. The predicted molar refractivity (Wildman–Crippen MR) is 58.9 cm³/mol. The number of hydrogen-bond acceptors (Lipinski definition) is 2. The van der Waals surface area contributed by atoms with Gasteiger partial charge >= 0.3 is 0 Å². The van der Waals surface area contributed by atoms with E-state index in [0.29, 0.717) is 0 Å². The van der Waals surface area contributed by atoms with E-state index >= 15 is 0 Å². The summed E-state index contributed by atoms with van der Waals surface area (Å²) in [6, 6.07) is 1.75. The van der Waals surface area contributed by atoms with Crippen LogP contribution in [0.1, 0.15) is 34.6 Å². The van der Waals surface area contributed by atoms with Gasteiger partial charge in [-0.15, -0.1) is 0 Å². The molecule has 0 saturated heterocycles. The summed E-state index contributed by atoms with van der Waals surface area (Å²) < 4.78 is 0. The van der Waals surface area contributed by atoms with Crippen LogP contribution in [0.25, 0.3) is 0 Å². The lowest BCUT2D eigenvalue weighted by Gasteiger charge is -2.20. The lowest BCUT2D eigenvalue weighted by atomic mass is 10.0. The Morgan fingerprint density at radius 1 is 1.33 bits per heavy atom. The molecule has 0 radical (unpaired) electrons. The van der Waals surface area contributed by atoms with E-state index in [0.717, 1.165) is 0 Å². The molecule has 1 atom stereocenters. The molecule has 1 unspecified atom stereocenters. The molecule has 1 aliphatic carbocycles. The second-order valence-corrected chi connectivity index (χ2v) is 5.63. The lowest BCUT2D eigenvalue weighted by molar-refractivity contribution is -0.133. The number of carbonyl (C=O) groups is 1. The first-order valence-corrected chi connectivity index (χ1v) is 5.34. The third-order valence-electron chi connectivity index (χ3n) is 4.38. The molecule has 0 aromatic heterocycles. The summed E-state index contributed by atoms with van der Waals surface area (Å²) in [6.07, 6.45) is 0. The molecule has 0 bridgehead atoms. The van der Waals surface area contributed by atoms with Crippen LogP contribution >= 0.6 is 0 Å². The maximum Gasteiger partial charge on any atom is 0.227 e. The number of hydrogen-bond donors (Lipinski definition) is 0. The number of rotatable bonds is 2. The van der Waals surface area contributed by atoms with Crippen molar-refractivity contribution in [1.82, 2.24) is 4.90 Å². The van der Waals surface area contributed by atoms with Crippen LogP contribution in [-0.2, 0) is 4.79 Å². The Labute approximate surface area is 92.1 Å². The quantitative estimate of drug-likeness (QED) is 0.697. The Balaban J connectivity index is 2.79. The Kier molecular flexibility index (Phi) is 2.59. The molecule has 1 fully saturated rings. The van der Waals surface area contributed by atoms with Gasteiger partial charge in [0, 0.05) is 13.0 Å². The standard InChI is InChI=1S/C12H20N2O/c1-8(7-13)14(6)10(15)9-11(2,3)12(9,4)5/h8-9H,1-6H3. The van der Waals surface area contributed by atoms with Gasteiger partial charge < -0.3 is 4.90 Å². The number of nitriles is 1. The highest BCUT2D eigenvalue weighted by atomic mass is 16.2. The minimum Gasteiger partial charge on any atom is -0.330 e. The van der Waals surface area contributed by atoms with Crippen LogP contribution in [-0.4, -0.2) is 23.9 Å². The van der Waals surface area contributed by atoms with Crippen molar-refractivity contribution in [2.24, 2.45) is 16.7 Å². The third-order valence-corrected chi connectivity index (χ3v) is 4.38. The van der Waals surface area contributed by atoms with E-state index in [4.69, 9.17) is 5.26 Å². The van der Waals surface area contributed by atoms with Crippen molar-refractivity contribution in [1.29, 1.82) is 5.26 Å². The average molecular weight is 208 g/mol. The molecule has 84 valence electrons. The molecule has 15 heavy (non-hydrogen) atoms. The van der Waals surface area contributed by atoms with E-state index in [1.54, 1.807) is 18.9 Å². The lowest BCUT2D eigenvalue weighted by Crippen LogP contribution is -2.36. The fourth-order valence-electron chi connectivity index (χ4n) is 2.29. The monoisotopic (exact) mass is 208 g/mol. The predicted octanol–water partition coefficient (Wildman–Crippen LogP) is 2.04. The van der Waals surface area contributed by atoms with Crippen molar-refractivity contribution in [2.45, 2.75) is 40.7 Å². The smallest absolute Gasteiger partial charge is 0.227 e. The first kappa shape index (κ1) is 12.0. The zero-order valence-corrected chi connectivity index (χ0v) is 10.5. The highest BCUT2D eigenvalue weighted by Crippen LogP contribution is 2.68. The highest BCUT2D eigenvalue weighted by Gasteiger charge is 2.68. The number of amides is 1. The second kappa shape index (κ2) is 3.23. The third kappa shape index (κ3) is 1.52. The molecule has 1 aliphatic rings. The Morgan fingerprint density at radius 2 is 1.73 bits per heavy atom. The zero-order valence-electron chi connectivity index (χ0n) is 10.5. The summed E-state index contributed by atoms with van der Waals surface area (Å²) in [5.74, 6) is 0.143. The van der Waals surface area contributed by atoms with Crippen LogP contribution in [0.4, 0.5) is 0 Å². The van der Waals surface area contributed by atoms with E-state index in [1.165, 1.54) is 0 Å². The molecular formula is C12H20N2O. The molecule has 0 aliphatic heterocycles. The van der Waals surface area contributed by atoms with Gasteiger partial charge in [-0.1, -0.05) is 27.7 Å². The van der Waals surface area contributed by atoms with Gasteiger partial charge in [-0.3, -0.25) is 4.79 Å². The fraction of sp³-hybridized carbons (Fsp3) is 0.833. The van der Waals surface area contributed by atoms with E-state index < -0.39 is 0 Å². The van der Waals surface area contributed by atoms with Crippen molar-refractivity contribution in [3.05, 3.63) is 0 Å². The van der Waals surface area contributed by atoms with Crippen LogP contribution in [0.2, 0.25) is 0 Å². The van der Waals surface area contributed by atoms with Gasteiger partial charge in [0.05, 0.1) is 6.07 Å². The maximum atomic E-state index is 12.1. The first-order chi connectivity index (χ1) is 6.67. The van der Waals surface area contributed by atoms with E-state index in [9.17, 15) is 4.79 Å². The Bertz CT molecular complexity index is 311. The topological polar surface area (TPSA) is 44.1 Å². The van der Waals surface area contributed by atoms with Crippen LogP contribution in [0.5, 0.6) is 0 Å². The molecule has 3 heteroatoms. The molecule has 1 amide bonds. The second-order valence-electron chi connectivity index (χ2n) is 5.63. The van der Waals surface area contributed by atoms with Crippen LogP contribution < -0.4 is 0 Å². The Hall–Kier alpha value is -1.04. The minimum atomic E-state index is -0.343. The van der Waals surface area contributed by atoms with Gasteiger partial charge in [-0.05, 0) is 17.8 Å². The van der Waals surface area contributed by atoms with E-state index in [-0.39, 0.29) is 28.7 Å². The minimum absolute atomic E-state index is 0.0470. The average Bonchev–Trinajstić information content (AvgIpc) is 2.54. The molecular weight excluding hydrogens is 188 g/mol. The molecule has 0 N–H and O–H groups in total. The van der Waals surface area contributed by atoms with Gasteiger partial charge in [0.2, 0.25) is 5.91 Å². The zero-order chi connectivity index (χ0) is 12.0. The van der Waals surface area contributed by atoms with Gasteiger partial charge in [-0.2, -0.15) is 5.26 Å². The maximum absolute atomic E-state index is 12.1. The molecule has 1 saturated carbocycles. The van der Waals surface area contributed by atoms with Gasteiger partial charge in [-0.25, -0.2) is 0 Å². The van der Waals surface area contributed by atoms with Crippen molar-refractivity contribution < 1.29 is 4.79 Å². The molecule has 3 nitrogen and oxygen atoms in total. The summed E-state index contributed by atoms with van der Waals surface area (Å²) in [5.41, 5.74) is 0.0983. The fourth-order valence-corrected chi connectivity index (χ4v) is 2.29. The van der Waals surface area contributed by atoms with Crippen LogP contribution in [0, 0.1) is 28.1 Å². The summed E-state index contributed by atoms with van der Waals surface area (Å²) >= 11 is 0. The van der Waals surface area contributed by atoms with E-state index in [1.807, 2.05) is 0 Å². The van der Waals surface area contributed by atoms with Gasteiger partial charge in [0.15, 0.2) is 0 Å². The van der Waals surface area contributed by atoms with Crippen molar-refractivity contribution in [3.63, 3.8) is 0 Å². The van der Waals surface area contributed by atoms with Crippen molar-refractivity contribution in [2.75, 3.05) is 7.05 Å². The molecule has 0 spiro atoms. The van der Waals surface area contributed by atoms with Gasteiger partial charge in [0.1, 0.15) is 6.04 Å². The molecule has 0 aromatic carbocycles. The molecule has 0 aromatic rings. The summed E-state index contributed by atoms with van der Waals surface area (Å²) in [5, 5.41) is 8.77. The summed E-state index contributed by atoms with van der Waals surface area (Å²) in [6.45, 7) is 10.2. The summed E-state index contributed by atoms with van der Waals surface area (Å²) in [7, 11) is 1.71. The van der Waals surface area contributed by atoms with Crippen molar-refractivity contribution in [3.8, 4) is 6.07 Å². The SMILES string of the molecule is CC(C#N)N(C)C(=O)C1C(C)(C)C1(C)C. The molecule has 1 rings (SSSR count). The summed E-state index contributed by atoms with van der Waals surface area (Å²) in [4.78, 5) is 13.7. The van der Waals surface area contributed by atoms with Gasteiger partial charge in [0.25, 0.3) is 0 Å². The molecule has 0 heterocycles. The Morgan fingerprint density at radius 3 is 2.00 bits per heavy atom.